The topological polar surface area (TPSA) is 78.8 Å². The smallest absolute Gasteiger partial charge is 0.320 e. The van der Waals surface area contributed by atoms with Crippen LogP contribution in [0.4, 0.5) is 0 Å². The molecule has 0 radical (unpaired) electrons. The summed E-state index contributed by atoms with van der Waals surface area (Å²) in [7, 11) is 1.59. The van der Waals surface area contributed by atoms with E-state index in [1.807, 2.05) is 26.0 Å². The molecule has 0 fully saturated rings. The Morgan fingerprint density at radius 1 is 1.33 bits per heavy atom. The molecular formula is C16H25NO4. The third kappa shape index (κ3) is 5.36. The van der Waals surface area contributed by atoms with Gasteiger partial charge in [0.25, 0.3) is 0 Å². The van der Waals surface area contributed by atoms with Crippen molar-refractivity contribution in [2.45, 2.75) is 38.8 Å². The first kappa shape index (κ1) is 17.5. The van der Waals surface area contributed by atoms with Crippen LogP contribution in [0.3, 0.4) is 0 Å². The minimum Gasteiger partial charge on any atom is -0.497 e. The average Bonchev–Trinajstić information content (AvgIpc) is 2.50. The van der Waals surface area contributed by atoms with Gasteiger partial charge in [-0.3, -0.25) is 4.79 Å². The summed E-state index contributed by atoms with van der Waals surface area (Å²) >= 11 is 0. The Labute approximate surface area is 125 Å². The molecule has 0 heterocycles. The van der Waals surface area contributed by atoms with Gasteiger partial charge in [-0.15, -0.1) is 0 Å². The highest BCUT2D eigenvalue weighted by atomic mass is 16.5. The number of benzene rings is 1. The highest BCUT2D eigenvalue weighted by molar-refractivity contribution is 5.73. The molecule has 0 bridgehead atoms. The van der Waals surface area contributed by atoms with Crippen LogP contribution < -0.4 is 10.1 Å². The van der Waals surface area contributed by atoms with Crippen molar-refractivity contribution in [3.05, 3.63) is 29.8 Å². The highest BCUT2D eigenvalue weighted by Crippen LogP contribution is 2.19. The molecule has 0 saturated carbocycles. The monoisotopic (exact) mass is 295 g/mol. The number of carboxylic acids is 1. The van der Waals surface area contributed by atoms with E-state index >= 15 is 0 Å². The fourth-order valence-electron chi connectivity index (χ4n) is 2.14. The Kier molecular flexibility index (Phi) is 7.19. The average molecular weight is 295 g/mol. The number of hydrogen-bond acceptors (Lipinski definition) is 4. The molecule has 5 heteroatoms. The quantitative estimate of drug-likeness (QED) is 0.651. The van der Waals surface area contributed by atoms with Crippen LogP contribution in [0.25, 0.3) is 0 Å². The molecule has 0 saturated heterocycles. The maximum Gasteiger partial charge on any atom is 0.320 e. The van der Waals surface area contributed by atoms with E-state index in [0.29, 0.717) is 13.0 Å². The van der Waals surface area contributed by atoms with Crippen LogP contribution in [0.2, 0.25) is 0 Å². The van der Waals surface area contributed by atoms with Crippen LogP contribution in [0.5, 0.6) is 5.75 Å². The lowest BCUT2D eigenvalue weighted by Gasteiger charge is -2.21. The second-order valence-corrected chi connectivity index (χ2v) is 5.23. The van der Waals surface area contributed by atoms with E-state index in [0.717, 1.165) is 17.7 Å². The Morgan fingerprint density at radius 2 is 1.95 bits per heavy atom. The maximum atomic E-state index is 11.2. The van der Waals surface area contributed by atoms with Crippen molar-refractivity contribution in [2.75, 3.05) is 13.7 Å². The van der Waals surface area contributed by atoms with E-state index in [2.05, 4.69) is 5.32 Å². The van der Waals surface area contributed by atoms with Gasteiger partial charge in [0.05, 0.1) is 13.2 Å². The normalized spacial score (nSPS) is 15.2. The van der Waals surface area contributed by atoms with Gasteiger partial charge < -0.3 is 20.3 Å². The van der Waals surface area contributed by atoms with Gasteiger partial charge in [-0.25, -0.2) is 0 Å². The van der Waals surface area contributed by atoms with E-state index in [1.54, 1.807) is 19.2 Å². The lowest BCUT2D eigenvalue weighted by molar-refractivity contribution is -0.140. The van der Waals surface area contributed by atoms with Crippen LogP contribution in [0, 0.1) is 5.92 Å². The summed E-state index contributed by atoms with van der Waals surface area (Å²) in [5.74, 6) is -0.0456. The SMILES string of the molecule is CCC(C)C(NCCC(O)c1ccc(OC)cc1)C(=O)O. The first-order valence-corrected chi connectivity index (χ1v) is 7.27. The number of hydrogen-bond donors (Lipinski definition) is 3. The van der Waals surface area contributed by atoms with Crippen molar-refractivity contribution in [1.29, 1.82) is 0 Å². The van der Waals surface area contributed by atoms with Gasteiger partial charge in [-0.1, -0.05) is 32.4 Å². The number of rotatable bonds is 9. The highest BCUT2D eigenvalue weighted by Gasteiger charge is 2.22. The Morgan fingerprint density at radius 3 is 2.43 bits per heavy atom. The number of carbonyl (C=O) groups is 1. The van der Waals surface area contributed by atoms with E-state index in [4.69, 9.17) is 4.74 Å². The third-order valence-corrected chi connectivity index (χ3v) is 3.76. The summed E-state index contributed by atoms with van der Waals surface area (Å²) in [6, 6.07) is 6.65. The van der Waals surface area contributed by atoms with Gasteiger partial charge in [-0.05, 0) is 36.6 Å². The summed E-state index contributed by atoms with van der Waals surface area (Å²) in [5, 5.41) is 22.3. The fourth-order valence-corrected chi connectivity index (χ4v) is 2.14. The van der Waals surface area contributed by atoms with Gasteiger partial charge in [0.15, 0.2) is 0 Å². The van der Waals surface area contributed by atoms with Crippen LogP contribution >= 0.6 is 0 Å². The molecule has 1 rings (SSSR count). The molecule has 1 aromatic carbocycles. The zero-order valence-corrected chi connectivity index (χ0v) is 12.9. The van der Waals surface area contributed by atoms with Crippen molar-refractivity contribution < 1.29 is 19.7 Å². The Hall–Kier alpha value is -1.59. The molecule has 3 unspecified atom stereocenters. The van der Waals surface area contributed by atoms with Gasteiger partial charge in [0.2, 0.25) is 0 Å². The van der Waals surface area contributed by atoms with Crippen molar-refractivity contribution in [1.82, 2.24) is 5.32 Å². The van der Waals surface area contributed by atoms with E-state index in [1.165, 1.54) is 0 Å². The molecule has 0 spiro atoms. The molecule has 0 aliphatic rings. The number of carboxylic acid groups (broad SMARTS) is 1. The van der Waals surface area contributed by atoms with Gasteiger partial charge in [-0.2, -0.15) is 0 Å². The number of ether oxygens (including phenoxy) is 1. The predicted octanol–water partition coefficient (Wildman–Crippen LogP) is 2.21. The van der Waals surface area contributed by atoms with E-state index < -0.39 is 18.1 Å². The van der Waals surface area contributed by atoms with Crippen LogP contribution in [0.15, 0.2) is 24.3 Å². The minimum atomic E-state index is -0.844. The third-order valence-electron chi connectivity index (χ3n) is 3.76. The molecule has 0 aromatic heterocycles. The molecule has 0 aliphatic carbocycles. The zero-order chi connectivity index (χ0) is 15.8. The van der Waals surface area contributed by atoms with E-state index in [9.17, 15) is 15.0 Å². The second kappa shape index (κ2) is 8.64. The lowest BCUT2D eigenvalue weighted by atomic mass is 9.99. The van der Waals surface area contributed by atoms with Crippen molar-refractivity contribution in [3.63, 3.8) is 0 Å². The number of aliphatic hydroxyl groups is 1. The Balaban J connectivity index is 2.47. The minimum absolute atomic E-state index is 0.0561. The second-order valence-electron chi connectivity index (χ2n) is 5.23. The molecule has 3 atom stereocenters. The molecule has 3 N–H and O–H groups in total. The molecule has 0 aliphatic heterocycles. The first-order chi connectivity index (χ1) is 9.99. The van der Waals surface area contributed by atoms with Crippen LogP contribution in [-0.2, 0) is 4.79 Å². The summed E-state index contributed by atoms with van der Waals surface area (Å²) in [5.41, 5.74) is 0.799. The summed E-state index contributed by atoms with van der Waals surface area (Å²) in [6.07, 6.45) is 0.646. The molecule has 5 nitrogen and oxygen atoms in total. The van der Waals surface area contributed by atoms with Gasteiger partial charge >= 0.3 is 5.97 Å². The standard InChI is InChI=1S/C16H25NO4/c1-4-11(2)15(16(19)20)17-10-9-14(18)12-5-7-13(21-3)8-6-12/h5-8,11,14-15,17-18H,4,9-10H2,1-3H3,(H,19,20). The van der Waals surface area contributed by atoms with Crippen LogP contribution in [0.1, 0.15) is 38.4 Å². The summed E-state index contributed by atoms with van der Waals surface area (Å²) < 4.78 is 5.07. The number of aliphatic carboxylic acids is 1. The van der Waals surface area contributed by atoms with Gasteiger partial charge in [0, 0.05) is 0 Å². The largest absolute Gasteiger partial charge is 0.497 e. The zero-order valence-electron chi connectivity index (χ0n) is 12.9. The summed E-state index contributed by atoms with van der Waals surface area (Å²) in [6.45, 7) is 4.33. The molecule has 118 valence electrons. The maximum absolute atomic E-state index is 11.2. The first-order valence-electron chi connectivity index (χ1n) is 7.27. The van der Waals surface area contributed by atoms with Crippen LogP contribution in [-0.4, -0.2) is 35.9 Å². The van der Waals surface area contributed by atoms with E-state index in [-0.39, 0.29) is 5.92 Å². The van der Waals surface area contributed by atoms with Gasteiger partial charge in [0.1, 0.15) is 11.8 Å². The fraction of sp³-hybridized carbons (Fsp3) is 0.562. The van der Waals surface area contributed by atoms with Crippen molar-refractivity contribution in [2.24, 2.45) is 5.92 Å². The molecular weight excluding hydrogens is 270 g/mol. The molecule has 1 aromatic rings. The predicted molar refractivity (Wildman–Crippen MR) is 81.5 cm³/mol. The van der Waals surface area contributed by atoms with Crippen molar-refractivity contribution in [3.8, 4) is 5.75 Å². The number of nitrogens with one attached hydrogen (secondary N) is 1. The number of methoxy groups -OCH3 is 1. The number of aliphatic hydroxyl groups excluding tert-OH is 1. The summed E-state index contributed by atoms with van der Waals surface area (Å²) in [4.78, 5) is 11.2. The Bertz CT molecular complexity index is 432. The molecule has 21 heavy (non-hydrogen) atoms. The lowest BCUT2D eigenvalue weighted by Crippen LogP contribution is -2.42. The molecule has 0 amide bonds. The van der Waals surface area contributed by atoms with Crippen molar-refractivity contribution >= 4 is 5.97 Å².